The zero-order valence-electron chi connectivity index (χ0n) is 7.62. The van der Waals surface area contributed by atoms with Crippen LogP contribution >= 0.6 is 11.8 Å². The van der Waals surface area contributed by atoms with Crippen LogP contribution in [-0.2, 0) is 14.3 Å². The van der Waals surface area contributed by atoms with E-state index in [-0.39, 0.29) is 6.61 Å². The van der Waals surface area contributed by atoms with Crippen LogP contribution in [0, 0.1) is 0 Å². The maximum absolute atomic E-state index is 11.3. The van der Waals surface area contributed by atoms with Crippen LogP contribution < -0.4 is 0 Å². The van der Waals surface area contributed by atoms with Gasteiger partial charge in [0, 0.05) is 24.6 Å². The SMILES string of the molecule is CCOC(=O)C(=O)N1CCSCC1. The molecule has 0 atom stereocenters. The maximum atomic E-state index is 11.3. The van der Waals surface area contributed by atoms with Gasteiger partial charge in [-0.1, -0.05) is 0 Å². The smallest absolute Gasteiger partial charge is 0.397 e. The number of ether oxygens (including phenoxy) is 1. The minimum absolute atomic E-state index is 0.257. The molecule has 0 spiro atoms. The third-order valence-corrected chi connectivity index (χ3v) is 2.69. The lowest BCUT2D eigenvalue weighted by Crippen LogP contribution is -2.42. The number of rotatable bonds is 1. The molecule has 1 fully saturated rings. The minimum atomic E-state index is -0.727. The Labute approximate surface area is 81.6 Å². The lowest BCUT2D eigenvalue weighted by atomic mass is 10.4. The summed E-state index contributed by atoms with van der Waals surface area (Å²) in [6, 6.07) is 0. The number of esters is 1. The average Bonchev–Trinajstić information content (AvgIpc) is 2.18. The van der Waals surface area contributed by atoms with Crippen molar-refractivity contribution in [1.82, 2.24) is 4.90 Å². The van der Waals surface area contributed by atoms with Gasteiger partial charge in [-0.3, -0.25) is 4.79 Å². The van der Waals surface area contributed by atoms with E-state index in [1.807, 2.05) is 0 Å². The fraction of sp³-hybridized carbons (Fsp3) is 0.750. The van der Waals surface area contributed by atoms with Crippen molar-refractivity contribution in [3.63, 3.8) is 0 Å². The van der Waals surface area contributed by atoms with E-state index in [1.54, 1.807) is 23.6 Å². The highest BCUT2D eigenvalue weighted by molar-refractivity contribution is 7.99. The molecule has 0 aromatic carbocycles. The molecule has 4 nitrogen and oxygen atoms in total. The molecule has 1 aliphatic heterocycles. The predicted octanol–water partition coefficient (Wildman–Crippen LogP) is 0.125. The van der Waals surface area contributed by atoms with E-state index < -0.39 is 11.9 Å². The number of hydrogen-bond acceptors (Lipinski definition) is 4. The number of hydrogen-bond donors (Lipinski definition) is 0. The van der Waals surface area contributed by atoms with Crippen LogP contribution in [-0.4, -0.2) is 48.0 Å². The molecule has 13 heavy (non-hydrogen) atoms. The van der Waals surface area contributed by atoms with Gasteiger partial charge < -0.3 is 9.64 Å². The first-order valence-corrected chi connectivity index (χ1v) is 5.45. The molecular formula is C8H13NO3S. The summed E-state index contributed by atoms with van der Waals surface area (Å²) < 4.78 is 4.62. The molecule has 1 rings (SSSR count). The molecule has 1 saturated heterocycles. The first-order chi connectivity index (χ1) is 6.25. The summed E-state index contributed by atoms with van der Waals surface area (Å²) in [6.45, 7) is 3.26. The molecule has 1 amide bonds. The fourth-order valence-corrected chi connectivity index (χ4v) is 1.99. The molecule has 0 radical (unpaired) electrons. The summed E-state index contributed by atoms with van der Waals surface area (Å²) in [5, 5.41) is 0. The lowest BCUT2D eigenvalue weighted by Gasteiger charge is -2.25. The zero-order chi connectivity index (χ0) is 9.68. The van der Waals surface area contributed by atoms with Gasteiger partial charge in [0.05, 0.1) is 6.61 Å². The van der Waals surface area contributed by atoms with Crippen LogP contribution in [0.5, 0.6) is 0 Å². The Bertz CT molecular complexity index is 202. The number of amides is 1. The Hall–Kier alpha value is -0.710. The van der Waals surface area contributed by atoms with E-state index in [0.29, 0.717) is 13.1 Å². The summed E-state index contributed by atoms with van der Waals surface area (Å²) in [4.78, 5) is 23.9. The van der Waals surface area contributed by atoms with Crippen LogP contribution in [0.2, 0.25) is 0 Å². The van der Waals surface area contributed by atoms with Crippen molar-refractivity contribution in [1.29, 1.82) is 0 Å². The Morgan fingerprint density at radius 1 is 1.38 bits per heavy atom. The molecule has 0 aromatic rings. The van der Waals surface area contributed by atoms with Gasteiger partial charge in [0.15, 0.2) is 0 Å². The molecule has 74 valence electrons. The molecule has 0 unspecified atom stereocenters. The highest BCUT2D eigenvalue weighted by atomic mass is 32.2. The lowest BCUT2D eigenvalue weighted by molar-refractivity contribution is -0.159. The van der Waals surface area contributed by atoms with Crippen molar-refractivity contribution in [2.24, 2.45) is 0 Å². The molecule has 0 aromatic heterocycles. The number of nitrogens with zero attached hydrogens (tertiary/aromatic N) is 1. The molecular weight excluding hydrogens is 190 g/mol. The van der Waals surface area contributed by atoms with Crippen molar-refractivity contribution < 1.29 is 14.3 Å². The van der Waals surface area contributed by atoms with Crippen molar-refractivity contribution in [3.8, 4) is 0 Å². The molecule has 0 N–H and O–H groups in total. The first-order valence-electron chi connectivity index (χ1n) is 4.29. The highest BCUT2D eigenvalue weighted by Gasteiger charge is 2.24. The summed E-state index contributed by atoms with van der Waals surface area (Å²) in [5.74, 6) is 0.590. The van der Waals surface area contributed by atoms with Gasteiger partial charge in [0.1, 0.15) is 0 Å². The zero-order valence-corrected chi connectivity index (χ0v) is 8.43. The Morgan fingerprint density at radius 2 is 2.00 bits per heavy atom. The number of carbonyl (C=O) groups is 2. The largest absolute Gasteiger partial charge is 0.459 e. The molecule has 0 saturated carbocycles. The number of thioether (sulfide) groups is 1. The third kappa shape index (κ3) is 2.91. The monoisotopic (exact) mass is 203 g/mol. The van der Waals surface area contributed by atoms with Crippen LogP contribution in [0.3, 0.4) is 0 Å². The van der Waals surface area contributed by atoms with Gasteiger partial charge in [-0.25, -0.2) is 4.79 Å². The van der Waals surface area contributed by atoms with Crippen molar-refractivity contribution in [2.45, 2.75) is 6.92 Å². The summed E-state index contributed by atoms with van der Waals surface area (Å²) in [6.07, 6.45) is 0. The van der Waals surface area contributed by atoms with Gasteiger partial charge in [0.25, 0.3) is 0 Å². The Kier molecular flexibility index (Phi) is 4.08. The number of carbonyl (C=O) groups excluding carboxylic acids is 2. The predicted molar refractivity (Wildman–Crippen MR) is 50.5 cm³/mol. The maximum Gasteiger partial charge on any atom is 0.397 e. The minimum Gasteiger partial charge on any atom is -0.459 e. The Morgan fingerprint density at radius 3 is 2.54 bits per heavy atom. The topological polar surface area (TPSA) is 46.6 Å². The molecule has 1 heterocycles. The Balaban J connectivity index is 2.40. The van der Waals surface area contributed by atoms with Crippen molar-refractivity contribution >= 4 is 23.6 Å². The van der Waals surface area contributed by atoms with E-state index in [0.717, 1.165) is 11.5 Å². The summed E-state index contributed by atoms with van der Waals surface area (Å²) in [7, 11) is 0. The van der Waals surface area contributed by atoms with E-state index >= 15 is 0 Å². The van der Waals surface area contributed by atoms with E-state index in [2.05, 4.69) is 4.74 Å². The average molecular weight is 203 g/mol. The van der Waals surface area contributed by atoms with Crippen molar-refractivity contribution in [2.75, 3.05) is 31.2 Å². The standard InChI is InChI=1S/C8H13NO3S/c1-2-12-8(11)7(10)9-3-5-13-6-4-9/h2-6H2,1H3. The summed E-state index contributed by atoms with van der Waals surface area (Å²) >= 11 is 1.80. The normalized spacial score (nSPS) is 16.8. The molecule has 1 aliphatic rings. The third-order valence-electron chi connectivity index (χ3n) is 1.75. The van der Waals surface area contributed by atoms with Gasteiger partial charge >= 0.3 is 11.9 Å². The van der Waals surface area contributed by atoms with Gasteiger partial charge in [-0.2, -0.15) is 11.8 Å². The van der Waals surface area contributed by atoms with Crippen LogP contribution in [0.15, 0.2) is 0 Å². The quantitative estimate of drug-likeness (QED) is 0.449. The van der Waals surface area contributed by atoms with Gasteiger partial charge in [-0.05, 0) is 6.92 Å². The molecule has 0 bridgehead atoms. The van der Waals surface area contributed by atoms with E-state index in [1.165, 1.54) is 0 Å². The first kappa shape index (κ1) is 10.4. The molecule has 0 aliphatic carbocycles. The van der Waals surface area contributed by atoms with Crippen LogP contribution in [0.4, 0.5) is 0 Å². The highest BCUT2D eigenvalue weighted by Crippen LogP contribution is 2.09. The van der Waals surface area contributed by atoms with Gasteiger partial charge in [0.2, 0.25) is 0 Å². The van der Waals surface area contributed by atoms with Gasteiger partial charge in [-0.15, -0.1) is 0 Å². The van der Waals surface area contributed by atoms with Crippen LogP contribution in [0.25, 0.3) is 0 Å². The van der Waals surface area contributed by atoms with E-state index in [4.69, 9.17) is 0 Å². The second kappa shape index (κ2) is 5.11. The van der Waals surface area contributed by atoms with Crippen molar-refractivity contribution in [3.05, 3.63) is 0 Å². The van der Waals surface area contributed by atoms with E-state index in [9.17, 15) is 9.59 Å². The fourth-order valence-electron chi connectivity index (χ4n) is 1.09. The summed E-state index contributed by atoms with van der Waals surface area (Å²) in [5.41, 5.74) is 0. The molecule has 5 heteroatoms. The second-order valence-corrected chi connectivity index (χ2v) is 3.85. The van der Waals surface area contributed by atoms with Crippen LogP contribution in [0.1, 0.15) is 6.92 Å². The second-order valence-electron chi connectivity index (χ2n) is 2.63.